The van der Waals surface area contributed by atoms with Crippen molar-refractivity contribution in [3.63, 3.8) is 0 Å². The van der Waals surface area contributed by atoms with Crippen LogP contribution in [0.1, 0.15) is 17.4 Å². The van der Waals surface area contributed by atoms with Crippen LogP contribution >= 0.6 is 11.3 Å². The number of ether oxygens (including phenoxy) is 1. The number of halogens is 1. The molecule has 0 unspecified atom stereocenters. The molecule has 1 N–H and O–H groups in total. The highest BCUT2D eigenvalue weighted by atomic mass is 32.1. The second-order valence-electron chi connectivity index (χ2n) is 4.00. The quantitative estimate of drug-likeness (QED) is 0.515. The number of oxime groups is 1. The third kappa shape index (κ3) is 3.54. The van der Waals surface area contributed by atoms with E-state index in [4.69, 9.17) is 9.94 Å². The summed E-state index contributed by atoms with van der Waals surface area (Å²) in [6.45, 7) is 2.09. The van der Waals surface area contributed by atoms with Crippen molar-refractivity contribution in [1.82, 2.24) is 0 Å². The summed E-state index contributed by atoms with van der Waals surface area (Å²) in [5, 5.41) is 13.9. The average Bonchev–Trinajstić information content (AvgIpc) is 2.91. The molecule has 0 aliphatic rings. The van der Waals surface area contributed by atoms with E-state index in [9.17, 15) is 4.39 Å². The fourth-order valence-corrected chi connectivity index (χ4v) is 2.38. The number of benzene rings is 1. The Hall–Kier alpha value is -1.88. The van der Waals surface area contributed by atoms with E-state index in [1.165, 1.54) is 17.0 Å². The van der Waals surface area contributed by atoms with Crippen molar-refractivity contribution in [1.29, 1.82) is 0 Å². The minimum absolute atomic E-state index is 0.374. The lowest BCUT2D eigenvalue weighted by atomic mass is 10.1. The normalized spacial score (nSPS) is 11.6. The molecule has 0 aliphatic carbocycles. The number of nitrogens with zero attached hydrogens (tertiary/aromatic N) is 1. The number of thiophene rings is 1. The Labute approximate surface area is 115 Å². The zero-order chi connectivity index (χ0) is 13.7. The molecule has 0 radical (unpaired) electrons. The highest BCUT2D eigenvalue weighted by Crippen LogP contribution is 2.21. The van der Waals surface area contributed by atoms with E-state index in [1.54, 1.807) is 24.3 Å². The van der Waals surface area contributed by atoms with Crippen LogP contribution < -0.4 is 4.74 Å². The molecule has 1 heterocycles. The highest BCUT2D eigenvalue weighted by molar-refractivity contribution is 7.09. The number of hydrogen-bond donors (Lipinski definition) is 1. The summed E-state index contributed by atoms with van der Waals surface area (Å²) in [7, 11) is 0. The number of hydrogen-bond acceptors (Lipinski definition) is 4. The monoisotopic (exact) mass is 279 g/mol. The average molecular weight is 279 g/mol. The molecule has 2 aromatic rings. The molecule has 0 spiro atoms. The van der Waals surface area contributed by atoms with Gasteiger partial charge < -0.3 is 9.94 Å². The molecule has 0 bridgehead atoms. The molecule has 19 heavy (non-hydrogen) atoms. The molecule has 0 fully saturated rings. The third-order valence-electron chi connectivity index (χ3n) is 2.67. The Morgan fingerprint density at radius 1 is 1.42 bits per heavy atom. The molecule has 5 heteroatoms. The van der Waals surface area contributed by atoms with E-state index in [0.29, 0.717) is 23.6 Å². The minimum Gasteiger partial charge on any atom is -0.492 e. The van der Waals surface area contributed by atoms with Crippen molar-refractivity contribution in [3.8, 4) is 5.75 Å². The summed E-state index contributed by atoms with van der Waals surface area (Å²) in [6.07, 6.45) is 0.767. The summed E-state index contributed by atoms with van der Waals surface area (Å²) in [4.78, 5) is 1.21. The van der Waals surface area contributed by atoms with Gasteiger partial charge in [-0.05, 0) is 30.5 Å². The van der Waals surface area contributed by atoms with Crippen LogP contribution in [0, 0.1) is 5.82 Å². The smallest absolute Gasteiger partial charge is 0.131 e. The second-order valence-corrected chi connectivity index (χ2v) is 5.04. The fraction of sp³-hybridized carbons (Fsp3) is 0.214. The molecule has 1 aromatic carbocycles. The molecule has 2 rings (SSSR count). The molecule has 0 saturated heterocycles. The van der Waals surface area contributed by atoms with Crippen LogP contribution in [0.15, 0.2) is 40.9 Å². The van der Waals surface area contributed by atoms with Gasteiger partial charge in [-0.25, -0.2) is 4.39 Å². The Balaban J connectivity index is 2.08. The van der Waals surface area contributed by atoms with Crippen molar-refractivity contribution in [2.24, 2.45) is 5.16 Å². The summed E-state index contributed by atoms with van der Waals surface area (Å²) >= 11 is 1.66. The van der Waals surface area contributed by atoms with Gasteiger partial charge in [0.05, 0.1) is 12.3 Å². The molecular weight excluding hydrogens is 265 g/mol. The van der Waals surface area contributed by atoms with Gasteiger partial charge in [0.1, 0.15) is 11.6 Å². The Morgan fingerprint density at radius 3 is 2.95 bits per heavy atom. The van der Waals surface area contributed by atoms with E-state index in [0.717, 1.165) is 6.42 Å². The maximum absolute atomic E-state index is 13.2. The Morgan fingerprint density at radius 2 is 2.26 bits per heavy atom. The van der Waals surface area contributed by atoms with Crippen LogP contribution in [0.3, 0.4) is 0 Å². The molecule has 1 aromatic heterocycles. The molecule has 0 saturated carbocycles. The van der Waals surface area contributed by atoms with Gasteiger partial charge in [-0.3, -0.25) is 0 Å². The molecular formula is C14H14FNO2S. The molecule has 0 atom stereocenters. The van der Waals surface area contributed by atoms with Crippen LogP contribution in [0.2, 0.25) is 0 Å². The van der Waals surface area contributed by atoms with Crippen LogP contribution in [-0.2, 0) is 6.42 Å². The van der Waals surface area contributed by atoms with Crippen molar-refractivity contribution >= 4 is 17.0 Å². The second kappa shape index (κ2) is 6.33. The first kappa shape index (κ1) is 13.5. The molecule has 0 aliphatic heterocycles. The van der Waals surface area contributed by atoms with E-state index in [-0.39, 0.29) is 5.82 Å². The Bertz CT molecular complexity index is 567. The van der Waals surface area contributed by atoms with Gasteiger partial charge in [0.2, 0.25) is 0 Å². The minimum atomic E-state index is -0.374. The van der Waals surface area contributed by atoms with E-state index in [1.807, 2.05) is 17.5 Å². The largest absolute Gasteiger partial charge is 0.492 e. The SMILES string of the molecule is CC(=NO)c1ccc(F)cc1OCCc1cccs1. The maximum Gasteiger partial charge on any atom is 0.131 e. The van der Waals surface area contributed by atoms with Gasteiger partial charge in [0, 0.05) is 22.9 Å². The predicted molar refractivity (Wildman–Crippen MR) is 73.9 cm³/mol. The summed E-state index contributed by atoms with van der Waals surface area (Å²) in [5.74, 6) is 0.0208. The molecule has 100 valence electrons. The zero-order valence-corrected chi connectivity index (χ0v) is 11.3. The van der Waals surface area contributed by atoms with Crippen LogP contribution in [0.5, 0.6) is 5.75 Å². The third-order valence-corrected chi connectivity index (χ3v) is 3.61. The van der Waals surface area contributed by atoms with Crippen LogP contribution in [0.25, 0.3) is 0 Å². The molecule has 0 amide bonds. The first-order valence-electron chi connectivity index (χ1n) is 5.84. The summed E-state index contributed by atoms with van der Waals surface area (Å²) in [5.41, 5.74) is 0.987. The fourth-order valence-electron chi connectivity index (χ4n) is 1.68. The van der Waals surface area contributed by atoms with Crippen molar-refractivity contribution in [3.05, 3.63) is 52.0 Å². The van der Waals surface area contributed by atoms with Crippen LogP contribution in [0.4, 0.5) is 4.39 Å². The van der Waals surface area contributed by atoms with Crippen LogP contribution in [-0.4, -0.2) is 17.5 Å². The molecule has 3 nitrogen and oxygen atoms in total. The maximum atomic E-state index is 13.2. The first-order chi connectivity index (χ1) is 9.20. The van der Waals surface area contributed by atoms with Gasteiger partial charge in [0.25, 0.3) is 0 Å². The Kier molecular flexibility index (Phi) is 4.52. The summed E-state index contributed by atoms with van der Waals surface area (Å²) in [6, 6.07) is 8.18. The van der Waals surface area contributed by atoms with E-state index < -0.39 is 0 Å². The van der Waals surface area contributed by atoms with E-state index in [2.05, 4.69) is 5.16 Å². The van der Waals surface area contributed by atoms with Crippen molar-refractivity contribution in [2.45, 2.75) is 13.3 Å². The van der Waals surface area contributed by atoms with E-state index >= 15 is 0 Å². The van der Waals surface area contributed by atoms with Gasteiger partial charge in [-0.15, -0.1) is 11.3 Å². The standard InChI is InChI=1S/C14H14FNO2S/c1-10(16-17)13-5-4-11(15)9-14(13)18-7-6-12-3-2-8-19-12/h2-5,8-9,17H,6-7H2,1H3. The lowest BCUT2D eigenvalue weighted by Crippen LogP contribution is -2.05. The lowest BCUT2D eigenvalue weighted by molar-refractivity contribution is 0.313. The van der Waals surface area contributed by atoms with Gasteiger partial charge in [-0.1, -0.05) is 11.2 Å². The predicted octanol–water partition coefficient (Wildman–Crippen LogP) is 3.71. The van der Waals surface area contributed by atoms with Crippen molar-refractivity contribution in [2.75, 3.05) is 6.61 Å². The zero-order valence-electron chi connectivity index (χ0n) is 10.5. The lowest BCUT2D eigenvalue weighted by Gasteiger charge is -2.10. The van der Waals surface area contributed by atoms with Gasteiger partial charge >= 0.3 is 0 Å². The summed E-state index contributed by atoms with van der Waals surface area (Å²) < 4.78 is 18.8. The topological polar surface area (TPSA) is 41.8 Å². The van der Waals surface area contributed by atoms with Crippen molar-refractivity contribution < 1.29 is 14.3 Å². The van der Waals surface area contributed by atoms with Gasteiger partial charge in [0.15, 0.2) is 0 Å². The number of rotatable bonds is 5. The van der Waals surface area contributed by atoms with Gasteiger partial charge in [-0.2, -0.15) is 0 Å². The first-order valence-corrected chi connectivity index (χ1v) is 6.72. The highest BCUT2D eigenvalue weighted by Gasteiger charge is 2.09.